The van der Waals surface area contributed by atoms with Gasteiger partial charge in [0, 0.05) is 11.5 Å². The first kappa shape index (κ1) is 17.3. The lowest BCUT2D eigenvalue weighted by Gasteiger charge is -2.08. The minimum absolute atomic E-state index is 0.0633. The lowest BCUT2D eigenvalue weighted by atomic mass is 10.2. The molecule has 6 nitrogen and oxygen atoms in total. The molecule has 0 amide bonds. The summed E-state index contributed by atoms with van der Waals surface area (Å²) in [6.45, 7) is 4.01. The molecule has 0 spiro atoms. The Morgan fingerprint density at radius 1 is 1.27 bits per heavy atom. The van der Waals surface area contributed by atoms with Gasteiger partial charge in [-0.1, -0.05) is 25.6 Å². The molecule has 2 N–H and O–H groups in total. The molecular weight excluding hydrogens is 436 g/mol. The van der Waals surface area contributed by atoms with Crippen LogP contribution in [-0.2, 0) is 0 Å². The predicted octanol–water partition coefficient (Wildman–Crippen LogP) is 3.94. The number of phenolic OH excluding ortho intramolecular Hbond substituents is 2. The summed E-state index contributed by atoms with van der Waals surface area (Å²) in [5, 5.41) is 33.0. The van der Waals surface area contributed by atoms with Crippen molar-refractivity contribution in [3.63, 3.8) is 0 Å². The normalized spacial score (nSPS) is 11.7. The zero-order valence-electron chi connectivity index (χ0n) is 12.1. The van der Waals surface area contributed by atoms with Crippen LogP contribution in [0.4, 0.5) is 0 Å². The van der Waals surface area contributed by atoms with Crippen LogP contribution >= 0.6 is 43.6 Å². The van der Waals surface area contributed by atoms with Gasteiger partial charge in [0.05, 0.1) is 10.7 Å². The Hall–Kier alpha value is -1.06. The summed E-state index contributed by atoms with van der Waals surface area (Å²) in [5.74, 6) is 0.746. The maximum atomic E-state index is 10.1. The van der Waals surface area contributed by atoms with Crippen LogP contribution in [0.1, 0.15) is 31.2 Å². The van der Waals surface area contributed by atoms with Crippen molar-refractivity contribution in [2.75, 3.05) is 6.26 Å². The maximum Gasteiger partial charge on any atom is 0.211 e. The van der Waals surface area contributed by atoms with Crippen LogP contribution in [0.15, 0.2) is 25.3 Å². The van der Waals surface area contributed by atoms with Gasteiger partial charge in [-0.2, -0.15) is 9.78 Å². The van der Waals surface area contributed by atoms with Crippen LogP contribution in [0.3, 0.4) is 0 Å². The molecule has 1 aromatic carbocycles. The first-order valence-electron chi connectivity index (χ1n) is 6.30. The van der Waals surface area contributed by atoms with Gasteiger partial charge in [0.15, 0.2) is 5.82 Å². The highest BCUT2D eigenvalue weighted by Gasteiger charge is 2.15. The molecule has 22 heavy (non-hydrogen) atoms. The number of thioether (sulfide) groups is 1. The third-order valence-corrected chi connectivity index (χ3v) is 4.82. The molecular formula is C13H14Br2N4O2S. The lowest BCUT2D eigenvalue weighted by Crippen LogP contribution is -2.02. The molecule has 0 aliphatic rings. The minimum atomic E-state index is -0.0886. The van der Waals surface area contributed by atoms with Crippen molar-refractivity contribution in [2.24, 2.45) is 5.10 Å². The van der Waals surface area contributed by atoms with Crippen molar-refractivity contribution >= 4 is 49.8 Å². The zero-order valence-corrected chi connectivity index (χ0v) is 16.1. The van der Waals surface area contributed by atoms with Gasteiger partial charge in [-0.3, -0.25) is 0 Å². The quantitative estimate of drug-likeness (QED) is 0.545. The summed E-state index contributed by atoms with van der Waals surface area (Å²) >= 11 is 7.80. The van der Waals surface area contributed by atoms with Crippen LogP contribution < -0.4 is 0 Å². The van der Waals surface area contributed by atoms with Gasteiger partial charge < -0.3 is 10.2 Å². The monoisotopic (exact) mass is 448 g/mol. The summed E-state index contributed by atoms with van der Waals surface area (Å²) in [4.78, 5) is 0. The highest BCUT2D eigenvalue weighted by Crippen LogP contribution is 2.40. The van der Waals surface area contributed by atoms with E-state index >= 15 is 0 Å². The average molecular weight is 450 g/mol. The van der Waals surface area contributed by atoms with Gasteiger partial charge >= 0.3 is 0 Å². The van der Waals surface area contributed by atoms with Gasteiger partial charge in [0.2, 0.25) is 5.16 Å². The number of phenols is 2. The largest absolute Gasteiger partial charge is 0.506 e. The smallest absolute Gasteiger partial charge is 0.211 e. The molecule has 0 unspecified atom stereocenters. The number of nitrogens with zero attached hydrogens (tertiary/aromatic N) is 4. The lowest BCUT2D eigenvalue weighted by molar-refractivity contribution is 0.441. The fraction of sp³-hybridized carbons (Fsp3) is 0.308. The van der Waals surface area contributed by atoms with Crippen molar-refractivity contribution in [2.45, 2.75) is 24.9 Å². The predicted molar refractivity (Wildman–Crippen MR) is 94.1 cm³/mol. The van der Waals surface area contributed by atoms with E-state index in [0.717, 1.165) is 5.82 Å². The van der Waals surface area contributed by atoms with E-state index in [2.05, 4.69) is 47.2 Å². The molecule has 1 aromatic heterocycles. The van der Waals surface area contributed by atoms with Crippen LogP contribution in [0.2, 0.25) is 0 Å². The van der Waals surface area contributed by atoms with Crippen LogP contribution in [0, 0.1) is 0 Å². The van der Waals surface area contributed by atoms with Crippen LogP contribution in [0.5, 0.6) is 11.5 Å². The second-order valence-electron chi connectivity index (χ2n) is 4.71. The molecule has 0 fully saturated rings. The second-order valence-corrected chi connectivity index (χ2v) is 7.14. The summed E-state index contributed by atoms with van der Waals surface area (Å²) in [7, 11) is 0. The van der Waals surface area contributed by atoms with E-state index in [-0.39, 0.29) is 21.9 Å². The Labute approximate surface area is 148 Å². The Bertz CT molecular complexity index is 731. The summed E-state index contributed by atoms with van der Waals surface area (Å²) in [5.41, 5.74) is 0.451. The number of aromatic nitrogens is 3. The molecule has 1 heterocycles. The standard InChI is InChI=1S/C13H14Br2N4O2S/c1-6(2)12-17-18-13(22-3)19(12)16-5-7-4-8(14)11(21)9(15)10(7)20/h4-6,20-21H,1-3H3/b16-5-. The van der Waals surface area contributed by atoms with Crippen molar-refractivity contribution in [1.29, 1.82) is 0 Å². The van der Waals surface area contributed by atoms with Gasteiger partial charge in [-0.05, 0) is 44.2 Å². The summed E-state index contributed by atoms with van der Waals surface area (Å²) < 4.78 is 2.31. The van der Waals surface area contributed by atoms with Crippen molar-refractivity contribution in [1.82, 2.24) is 14.9 Å². The maximum absolute atomic E-state index is 10.1. The van der Waals surface area contributed by atoms with Crippen molar-refractivity contribution < 1.29 is 10.2 Å². The molecule has 9 heteroatoms. The van der Waals surface area contributed by atoms with E-state index in [1.54, 1.807) is 10.7 Å². The number of halogens is 2. The molecule has 0 aliphatic heterocycles. The first-order chi connectivity index (χ1) is 10.4. The van der Waals surface area contributed by atoms with E-state index in [1.807, 2.05) is 20.1 Å². The molecule has 2 rings (SSSR count). The highest BCUT2D eigenvalue weighted by molar-refractivity contribution is 9.11. The molecule has 0 saturated carbocycles. The molecule has 118 valence electrons. The van der Waals surface area contributed by atoms with Crippen molar-refractivity contribution in [3.05, 3.63) is 26.4 Å². The SMILES string of the molecule is CSc1nnc(C(C)C)n1/N=C\c1cc(Br)c(O)c(Br)c1O. The molecule has 0 atom stereocenters. The average Bonchev–Trinajstić information content (AvgIpc) is 2.90. The fourth-order valence-corrected chi connectivity index (χ4v) is 3.30. The molecule has 0 radical (unpaired) electrons. The second kappa shape index (κ2) is 7.01. The van der Waals surface area contributed by atoms with E-state index < -0.39 is 0 Å². The van der Waals surface area contributed by atoms with Gasteiger partial charge in [-0.25, -0.2) is 0 Å². The fourth-order valence-electron chi connectivity index (χ4n) is 1.71. The molecule has 0 saturated heterocycles. The number of aromatic hydroxyl groups is 2. The summed E-state index contributed by atoms with van der Waals surface area (Å²) in [6.07, 6.45) is 3.39. The topological polar surface area (TPSA) is 83.5 Å². The molecule has 0 bridgehead atoms. The Kier molecular flexibility index (Phi) is 5.51. The van der Waals surface area contributed by atoms with E-state index in [9.17, 15) is 10.2 Å². The molecule has 2 aromatic rings. The number of hydrogen-bond donors (Lipinski definition) is 2. The van der Waals surface area contributed by atoms with Gasteiger partial charge in [-0.15, -0.1) is 10.2 Å². The van der Waals surface area contributed by atoms with Crippen molar-refractivity contribution in [3.8, 4) is 11.5 Å². The first-order valence-corrected chi connectivity index (χ1v) is 9.11. The highest BCUT2D eigenvalue weighted by atomic mass is 79.9. The minimum Gasteiger partial charge on any atom is -0.506 e. The van der Waals surface area contributed by atoms with Gasteiger partial charge in [0.25, 0.3) is 0 Å². The van der Waals surface area contributed by atoms with E-state index in [4.69, 9.17) is 0 Å². The third-order valence-electron chi connectivity index (χ3n) is 2.85. The van der Waals surface area contributed by atoms with Crippen LogP contribution in [-0.4, -0.2) is 37.6 Å². The van der Waals surface area contributed by atoms with E-state index in [1.165, 1.54) is 18.0 Å². The zero-order chi connectivity index (χ0) is 16.4. The number of benzene rings is 1. The Morgan fingerprint density at radius 2 is 1.95 bits per heavy atom. The number of hydrogen-bond acceptors (Lipinski definition) is 6. The van der Waals surface area contributed by atoms with Gasteiger partial charge in [0.1, 0.15) is 16.0 Å². The molecule has 0 aliphatic carbocycles. The summed E-state index contributed by atoms with van der Waals surface area (Å²) in [6, 6.07) is 1.58. The van der Waals surface area contributed by atoms with Crippen LogP contribution in [0.25, 0.3) is 0 Å². The third kappa shape index (κ3) is 3.31. The Morgan fingerprint density at radius 3 is 2.55 bits per heavy atom. The number of rotatable bonds is 4. The van der Waals surface area contributed by atoms with E-state index in [0.29, 0.717) is 15.2 Å². The Balaban J connectivity index is 2.48.